The van der Waals surface area contributed by atoms with E-state index in [1.54, 1.807) is 37.3 Å². The molecule has 2 aromatic heterocycles. The fourth-order valence-corrected chi connectivity index (χ4v) is 5.33. The van der Waals surface area contributed by atoms with Crippen LogP contribution < -0.4 is 14.9 Å². The Morgan fingerprint density at radius 2 is 1.89 bits per heavy atom. The highest BCUT2D eigenvalue weighted by atomic mass is 35.5. The summed E-state index contributed by atoms with van der Waals surface area (Å²) in [5.41, 5.74) is 2.12. The molecule has 0 saturated heterocycles. The summed E-state index contributed by atoms with van der Waals surface area (Å²) in [6.45, 7) is 1.75. The Morgan fingerprint density at radius 1 is 1.11 bits per heavy atom. The van der Waals surface area contributed by atoms with Gasteiger partial charge in [-0.2, -0.15) is 0 Å². The number of thiazole rings is 1. The lowest BCUT2D eigenvalue weighted by Crippen LogP contribution is -2.39. The van der Waals surface area contributed by atoms with Crippen molar-refractivity contribution in [3.05, 3.63) is 113 Å². The third kappa shape index (κ3) is 4.27. The van der Waals surface area contributed by atoms with E-state index in [-0.39, 0.29) is 5.56 Å². The van der Waals surface area contributed by atoms with E-state index in [9.17, 15) is 9.59 Å². The van der Waals surface area contributed by atoms with Crippen molar-refractivity contribution in [2.75, 3.05) is 7.11 Å². The topological polar surface area (TPSA) is 73.8 Å². The fraction of sp³-hybridized carbons (Fsp3) is 0.115. The van der Waals surface area contributed by atoms with Gasteiger partial charge in [0.2, 0.25) is 0 Å². The number of carbonyl (C=O) groups is 1. The van der Waals surface area contributed by atoms with Gasteiger partial charge < -0.3 is 9.15 Å². The summed E-state index contributed by atoms with van der Waals surface area (Å²) in [6, 6.07) is 17.5. The summed E-state index contributed by atoms with van der Waals surface area (Å²) >= 11 is 13.4. The molecule has 1 aliphatic heterocycles. The highest BCUT2D eigenvalue weighted by molar-refractivity contribution is 7.07. The molecule has 0 amide bonds. The van der Waals surface area contributed by atoms with Gasteiger partial charge in [0, 0.05) is 11.6 Å². The fourth-order valence-electron chi connectivity index (χ4n) is 4.01. The minimum absolute atomic E-state index is 0.274. The van der Waals surface area contributed by atoms with E-state index in [2.05, 4.69) is 4.99 Å². The number of halogens is 2. The van der Waals surface area contributed by atoms with Crippen molar-refractivity contribution in [2.24, 2.45) is 4.99 Å². The number of rotatable bonds is 4. The van der Waals surface area contributed by atoms with Crippen LogP contribution in [-0.2, 0) is 9.53 Å². The van der Waals surface area contributed by atoms with Crippen LogP contribution in [0.3, 0.4) is 0 Å². The van der Waals surface area contributed by atoms with E-state index >= 15 is 0 Å². The first-order valence-electron chi connectivity index (χ1n) is 10.6. The quantitative estimate of drug-likeness (QED) is 0.353. The van der Waals surface area contributed by atoms with Gasteiger partial charge in [-0.05, 0) is 42.8 Å². The van der Waals surface area contributed by atoms with Crippen molar-refractivity contribution < 1.29 is 13.9 Å². The summed E-state index contributed by atoms with van der Waals surface area (Å²) in [6.07, 6.45) is 1.67. The average molecular weight is 525 g/mol. The molecule has 176 valence electrons. The molecule has 4 aromatic rings. The maximum absolute atomic E-state index is 13.6. The molecule has 0 saturated carbocycles. The number of ether oxygens (including phenoxy) is 1. The second-order valence-electron chi connectivity index (χ2n) is 7.81. The monoisotopic (exact) mass is 524 g/mol. The lowest BCUT2D eigenvalue weighted by Gasteiger charge is -2.24. The van der Waals surface area contributed by atoms with E-state index in [4.69, 9.17) is 32.4 Å². The molecular weight excluding hydrogens is 507 g/mol. The van der Waals surface area contributed by atoms with Gasteiger partial charge in [0.1, 0.15) is 11.5 Å². The number of nitrogens with zero attached hydrogens (tertiary/aromatic N) is 2. The van der Waals surface area contributed by atoms with Gasteiger partial charge in [0.05, 0.1) is 39.0 Å². The summed E-state index contributed by atoms with van der Waals surface area (Å²) in [4.78, 5) is 31.3. The zero-order chi connectivity index (χ0) is 24.7. The van der Waals surface area contributed by atoms with Crippen molar-refractivity contribution in [1.82, 2.24) is 4.57 Å². The van der Waals surface area contributed by atoms with Crippen molar-refractivity contribution >= 4 is 46.6 Å². The summed E-state index contributed by atoms with van der Waals surface area (Å²) in [7, 11) is 1.32. The number of fused-ring (bicyclic) bond motifs is 1. The van der Waals surface area contributed by atoms with Crippen LogP contribution in [0, 0.1) is 0 Å². The number of hydrogen-bond acceptors (Lipinski definition) is 6. The zero-order valence-electron chi connectivity index (χ0n) is 18.6. The van der Waals surface area contributed by atoms with E-state index in [1.807, 2.05) is 36.4 Å². The molecule has 3 heterocycles. The molecular formula is C26H18Cl2N2O4S. The third-order valence-electron chi connectivity index (χ3n) is 5.65. The number of esters is 1. The van der Waals surface area contributed by atoms with Crippen LogP contribution in [0.5, 0.6) is 0 Å². The van der Waals surface area contributed by atoms with Crippen LogP contribution in [0.1, 0.15) is 24.3 Å². The molecule has 0 bridgehead atoms. The van der Waals surface area contributed by atoms with Crippen LogP contribution in [-0.4, -0.2) is 17.6 Å². The number of allylic oxidation sites excluding steroid dienone is 1. The lowest BCUT2D eigenvalue weighted by molar-refractivity contribution is -0.136. The number of carbonyl (C=O) groups excluding carboxylic acids is 1. The number of aromatic nitrogens is 1. The Hall–Kier alpha value is -3.39. The SMILES string of the molecule is COC(=O)C1=C(C)N=c2s/c(=C\c3ccc(-c4ccc(Cl)c(Cl)c4)o3)c(=O)n2[C@@H]1c1ccccc1. The molecule has 35 heavy (non-hydrogen) atoms. The maximum Gasteiger partial charge on any atom is 0.338 e. The number of hydrogen-bond donors (Lipinski definition) is 0. The van der Waals surface area contributed by atoms with Crippen LogP contribution in [0.2, 0.25) is 10.0 Å². The Kier molecular flexibility index (Phi) is 6.23. The highest BCUT2D eigenvalue weighted by Crippen LogP contribution is 2.31. The Morgan fingerprint density at radius 3 is 2.60 bits per heavy atom. The molecule has 0 N–H and O–H groups in total. The van der Waals surface area contributed by atoms with E-state index < -0.39 is 12.0 Å². The second-order valence-corrected chi connectivity index (χ2v) is 9.64. The van der Waals surface area contributed by atoms with Gasteiger partial charge >= 0.3 is 5.97 Å². The first-order valence-corrected chi connectivity index (χ1v) is 12.2. The molecule has 9 heteroatoms. The number of methoxy groups -OCH3 is 1. The van der Waals surface area contributed by atoms with Crippen molar-refractivity contribution in [1.29, 1.82) is 0 Å². The molecule has 2 aromatic carbocycles. The number of benzene rings is 2. The van der Waals surface area contributed by atoms with Gasteiger partial charge in [-0.15, -0.1) is 0 Å². The summed E-state index contributed by atoms with van der Waals surface area (Å²) in [5.74, 6) is 0.566. The molecule has 0 unspecified atom stereocenters. The maximum atomic E-state index is 13.6. The Bertz CT molecular complexity index is 1670. The standard InChI is InChI=1S/C26H18Cl2N2O4S/c1-14-22(25(32)33-2)23(15-6-4-3-5-7-15)30-24(31)21(35-26(30)29-14)13-17-9-11-20(34-17)16-8-10-18(27)19(28)12-16/h3-13,23H,1-2H3/b21-13-/t23-/m1/s1. The molecule has 6 nitrogen and oxygen atoms in total. The number of furan rings is 1. The van der Waals surface area contributed by atoms with E-state index in [0.29, 0.717) is 42.2 Å². The van der Waals surface area contributed by atoms with Gasteiger partial charge in [0.25, 0.3) is 5.56 Å². The molecule has 0 fully saturated rings. The summed E-state index contributed by atoms with van der Waals surface area (Å²) < 4.78 is 12.9. The predicted octanol–water partition coefficient (Wildman–Crippen LogP) is 4.98. The van der Waals surface area contributed by atoms with Gasteiger partial charge in [-0.25, -0.2) is 9.79 Å². The van der Waals surface area contributed by atoms with Crippen LogP contribution in [0.4, 0.5) is 0 Å². The zero-order valence-corrected chi connectivity index (χ0v) is 20.9. The summed E-state index contributed by atoms with van der Waals surface area (Å²) in [5, 5.41) is 0.881. The highest BCUT2D eigenvalue weighted by Gasteiger charge is 2.32. The average Bonchev–Trinajstić information content (AvgIpc) is 3.44. The Balaban J connectivity index is 1.63. The first-order chi connectivity index (χ1) is 16.9. The molecule has 0 aliphatic carbocycles. The molecule has 0 radical (unpaired) electrons. The normalized spacial score (nSPS) is 15.7. The van der Waals surface area contributed by atoms with E-state index in [1.165, 1.54) is 23.0 Å². The van der Waals surface area contributed by atoms with Crippen LogP contribution >= 0.6 is 34.5 Å². The molecule has 0 spiro atoms. The van der Waals surface area contributed by atoms with Crippen LogP contribution in [0.15, 0.2) is 86.1 Å². The van der Waals surface area contributed by atoms with Crippen molar-refractivity contribution in [2.45, 2.75) is 13.0 Å². The largest absolute Gasteiger partial charge is 0.466 e. The first kappa shape index (κ1) is 23.4. The Labute approximate surface area is 214 Å². The van der Waals surface area contributed by atoms with Crippen molar-refractivity contribution in [3.8, 4) is 11.3 Å². The van der Waals surface area contributed by atoms with Gasteiger partial charge in [-0.1, -0.05) is 64.9 Å². The van der Waals surface area contributed by atoms with Crippen LogP contribution in [0.25, 0.3) is 17.4 Å². The lowest BCUT2D eigenvalue weighted by atomic mass is 9.96. The van der Waals surface area contributed by atoms with Gasteiger partial charge in [0.15, 0.2) is 4.80 Å². The smallest absolute Gasteiger partial charge is 0.338 e. The van der Waals surface area contributed by atoms with Gasteiger partial charge in [-0.3, -0.25) is 9.36 Å². The molecule has 1 atom stereocenters. The third-order valence-corrected chi connectivity index (χ3v) is 7.37. The molecule has 1 aliphatic rings. The minimum Gasteiger partial charge on any atom is -0.466 e. The van der Waals surface area contributed by atoms with Crippen molar-refractivity contribution in [3.63, 3.8) is 0 Å². The predicted molar refractivity (Wildman–Crippen MR) is 136 cm³/mol. The van der Waals surface area contributed by atoms with E-state index in [0.717, 1.165) is 11.1 Å². The molecule has 5 rings (SSSR count). The second kappa shape index (κ2) is 9.34. The minimum atomic E-state index is -0.648.